The summed E-state index contributed by atoms with van der Waals surface area (Å²) in [6.07, 6.45) is 3.39. The summed E-state index contributed by atoms with van der Waals surface area (Å²) in [5.41, 5.74) is 1.11. The number of pyridine rings is 1. The Morgan fingerprint density at radius 3 is 2.36 bits per heavy atom. The van der Waals surface area contributed by atoms with Gasteiger partial charge in [0.2, 0.25) is 0 Å². The maximum atomic E-state index is 13.3. The van der Waals surface area contributed by atoms with E-state index in [1.165, 1.54) is 17.8 Å². The highest BCUT2D eigenvalue weighted by molar-refractivity contribution is 7.99. The molecule has 0 saturated carbocycles. The fourth-order valence-electron chi connectivity index (χ4n) is 2.46. The van der Waals surface area contributed by atoms with E-state index in [-0.39, 0.29) is 16.5 Å². The van der Waals surface area contributed by atoms with E-state index in [1.807, 2.05) is 19.1 Å². The van der Waals surface area contributed by atoms with E-state index in [2.05, 4.69) is 10.3 Å². The number of rotatable bonds is 5. The highest BCUT2D eigenvalue weighted by atomic mass is 35.5. The zero-order valence-corrected chi connectivity index (χ0v) is 16.1. The molecule has 1 amide bonds. The summed E-state index contributed by atoms with van der Waals surface area (Å²) < 4.78 is 39.7. The second-order valence-electron chi connectivity index (χ2n) is 5.89. The molecule has 1 atom stereocenters. The molecule has 0 aliphatic heterocycles. The van der Waals surface area contributed by atoms with Crippen LogP contribution in [0.4, 0.5) is 18.9 Å². The van der Waals surface area contributed by atoms with Crippen molar-refractivity contribution in [2.24, 2.45) is 0 Å². The van der Waals surface area contributed by atoms with E-state index in [1.54, 1.807) is 24.5 Å². The number of nitrogens with one attached hydrogen (secondary N) is 1. The second kappa shape index (κ2) is 8.67. The zero-order valence-electron chi connectivity index (χ0n) is 14.5. The molecule has 0 aliphatic rings. The van der Waals surface area contributed by atoms with Crippen LogP contribution in [0, 0.1) is 17.5 Å². The molecule has 0 radical (unpaired) electrons. The van der Waals surface area contributed by atoms with Gasteiger partial charge in [0.15, 0.2) is 17.5 Å². The van der Waals surface area contributed by atoms with Gasteiger partial charge in [0.05, 0.1) is 5.02 Å². The lowest BCUT2D eigenvalue weighted by Gasteiger charge is -2.14. The van der Waals surface area contributed by atoms with Crippen LogP contribution < -0.4 is 5.32 Å². The molecule has 3 aromatic rings. The molecule has 0 fully saturated rings. The molecule has 3 nitrogen and oxygen atoms in total. The van der Waals surface area contributed by atoms with Crippen LogP contribution in [0.2, 0.25) is 5.02 Å². The minimum atomic E-state index is -1.59. The van der Waals surface area contributed by atoms with Gasteiger partial charge in [0, 0.05) is 45.9 Å². The Balaban J connectivity index is 1.79. The van der Waals surface area contributed by atoms with E-state index in [4.69, 9.17) is 11.6 Å². The molecule has 2 aromatic carbocycles. The number of benzene rings is 2. The van der Waals surface area contributed by atoms with E-state index in [0.717, 1.165) is 5.56 Å². The SMILES string of the molecule is CC(Sc1cc(C(=O)Nc2cc(F)c(F)c(F)c2)ccc1Cl)c1ccncc1. The topological polar surface area (TPSA) is 42.0 Å². The van der Waals surface area contributed by atoms with Gasteiger partial charge in [-0.15, -0.1) is 11.8 Å². The number of anilines is 1. The summed E-state index contributed by atoms with van der Waals surface area (Å²) in [6, 6.07) is 9.87. The molecule has 28 heavy (non-hydrogen) atoms. The summed E-state index contributed by atoms with van der Waals surface area (Å²) in [5.74, 6) is -4.95. The third-order valence-electron chi connectivity index (χ3n) is 3.91. The van der Waals surface area contributed by atoms with Crippen LogP contribution in [0.1, 0.15) is 28.1 Å². The van der Waals surface area contributed by atoms with Crippen LogP contribution in [0.5, 0.6) is 0 Å². The minimum absolute atomic E-state index is 0.0547. The molecule has 0 spiro atoms. The molecule has 1 unspecified atom stereocenters. The van der Waals surface area contributed by atoms with Gasteiger partial charge in [-0.1, -0.05) is 11.6 Å². The van der Waals surface area contributed by atoms with Crippen molar-refractivity contribution in [3.8, 4) is 0 Å². The van der Waals surface area contributed by atoms with Gasteiger partial charge in [-0.25, -0.2) is 13.2 Å². The molecule has 0 aliphatic carbocycles. The number of thioether (sulfide) groups is 1. The number of carbonyl (C=O) groups excluding carboxylic acids is 1. The summed E-state index contributed by atoms with van der Waals surface area (Å²) in [6.45, 7) is 1.99. The summed E-state index contributed by atoms with van der Waals surface area (Å²) in [7, 11) is 0. The predicted octanol–water partition coefficient (Wildman–Crippen LogP) is 6.26. The van der Waals surface area contributed by atoms with Crippen molar-refractivity contribution in [1.29, 1.82) is 0 Å². The van der Waals surface area contributed by atoms with Gasteiger partial charge >= 0.3 is 0 Å². The van der Waals surface area contributed by atoms with Gasteiger partial charge in [-0.2, -0.15) is 0 Å². The van der Waals surface area contributed by atoms with Crippen LogP contribution >= 0.6 is 23.4 Å². The van der Waals surface area contributed by atoms with Crippen molar-refractivity contribution in [2.45, 2.75) is 17.1 Å². The fourth-order valence-corrected chi connectivity index (χ4v) is 3.76. The van der Waals surface area contributed by atoms with Crippen molar-refractivity contribution >= 4 is 35.0 Å². The van der Waals surface area contributed by atoms with Crippen molar-refractivity contribution in [2.75, 3.05) is 5.32 Å². The Bertz CT molecular complexity index is 995. The molecule has 3 rings (SSSR count). The molecule has 1 N–H and O–H groups in total. The van der Waals surface area contributed by atoms with Crippen LogP contribution in [-0.4, -0.2) is 10.9 Å². The van der Waals surface area contributed by atoms with Crippen LogP contribution in [0.25, 0.3) is 0 Å². The Kier molecular flexibility index (Phi) is 6.26. The Morgan fingerprint density at radius 2 is 1.71 bits per heavy atom. The lowest BCUT2D eigenvalue weighted by Crippen LogP contribution is -2.12. The highest BCUT2D eigenvalue weighted by Crippen LogP contribution is 2.38. The van der Waals surface area contributed by atoms with Crippen molar-refractivity contribution in [3.63, 3.8) is 0 Å². The third kappa shape index (κ3) is 4.66. The smallest absolute Gasteiger partial charge is 0.255 e. The molecule has 0 bridgehead atoms. The van der Waals surface area contributed by atoms with Gasteiger partial charge < -0.3 is 5.32 Å². The highest BCUT2D eigenvalue weighted by Gasteiger charge is 2.16. The normalized spacial score (nSPS) is 11.9. The van der Waals surface area contributed by atoms with Crippen LogP contribution in [0.15, 0.2) is 59.8 Å². The van der Waals surface area contributed by atoms with E-state index < -0.39 is 23.4 Å². The van der Waals surface area contributed by atoms with E-state index in [9.17, 15) is 18.0 Å². The molecule has 144 valence electrons. The average molecular weight is 423 g/mol. The number of carbonyl (C=O) groups is 1. The van der Waals surface area contributed by atoms with Crippen LogP contribution in [-0.2, 0) is 0 Å². The van der Waals surface area contributed by atoms with Gasteiger partial charge in [-0.3, -0.25) is 9.78 Å². The summed E-state index contributed by atoms with van der Waals surface area (Å²) in [5, 5.41) is 2.88. The first-order valence-corrected chi connectivity index (χ1v) is 9.43. The molecule has 8 heteroatoms. The average Bonchev–Trinajstić information content (AvgIpc) is 2.68. The Labute approximate surface area is 168 Å². The first-order chi connectivity index (χ1) is 13.3. The first kappa shape index (κ1) is 20.2. The Hall–Kier alpha value is -2.51. The lowest BCUT2D eigenvalue weighted by atomic mass is 10.2. The number of hydrogen-bond donors (Lipinski definition) is 1. The number of halogens is 4. The second-order valence-corrected chi connectivity index (χ2v) is 7.68. The number of amides is 1. The molecule has 0 saturated heterocycles. The summed E-state index contributed by atoms with van der Waals surface area (Å²) in [4.78, 5) is 17.1. The van der Waals surface area contributed by atoms with E-state index >= 15 is 0 Å². The number of hydrogen-bond acceptors (Lipinski definition) is 3. The molecular formula is C20H14ClF3N2OS. The number of aromatic nitrogens is 1. The largest absolute Gasteiger partial charge is 0.322 e. The fraction of sp³-hybridized carbons (Fsp3) is 0.100. The summed E-state index contributed by atoms with van der Waals surface area (Å²) >= 11 is 7.70. The Morgan fingerprint density at radius 1 is 1.07 bits per heavy atom. The van der Waals surface area contributed by atoms with Crippen molar-refractivity contribution < 1.29 is 18.0 Å². The third-order valence-corrected chi connectivity index (χ3v) is 5.57. The van der Waals surface area contributed by atoms with Gasteiger partial charge in [-0.05, 0) is 42.8 Å². The maximum absolute atomic E-state index is 13.3. The molecule has 1 aromatic heterocycles. The van der Waals surface area contributed by atoms with Crippen molar-refractivity contribution in [1.82, 2.24) is 4.98 Å². The quantitative estimate of drug-likeness (QED) is 0.390. The lowest BCUT2D eigenvalue weighted by molar-refractivity contribution is 0.102. The standard InChI is InChI=1S/C20H14ClF3N2OS/c1-11(12-4-6-25-7-5-12)28-18-8-13(2-3-15(18)21)20(27)26-14-9-16(22)19(24)17(23)10-14/h2-11H,1H3,(H,26,27). The maximum Gasteiger partial charge on any atom is 0.255 e. The monoisotopic (exact) mass is 422 g/mol. The predicted molar refractivity (Wildman–Crippen MR) is 104 cm³/mol. The van der Waals surface area contributed by atoms with E-state index in [0.29, 0.717) is 22.1 Å². The van der Waals surface area contributed by atoms with Gasteiger partial charge in [0.25, 0.3) is 5.91 Å². The van der Waals surface area contributed by atoms with Gasteiger partial charge in [0.1, 0.15) is 0 Å². The van der Waals surface area contributed by atoms with Crippen molar-refractivity contribution in [3.05, 3.63) is 88.5 Å². The zero-order chi connectivity index (χ0) is 20.3. The molecular weight excluding hydrogens is 409 g/mol. The first-order valence-electron chi connectivity index (χ1n) is 8.17. The molecule has 1 heterocycles. The number of nitrogens with zero attached hydrogens (tertiary/aromatic N) is 1. The van der Waals surface area contributed by atoms with Crippen LogP contribution in [0.3, 0.4) is 0 Å². The minimum Gasteiger partial charge on any atom is -0.322 e.